The van der Waals surface area contributed by atoms with E-state index in [2.05, 4.69) is 24.3 Å². The van der Waals surface area contributed by atoms with Gasteiger partial charge in [-0.2, -0.15) is 23.1 Å². The van der Waals surface area contributed by atoms with E-state index in [4.69, 9.17) is 21.3 Å². The number of hydrogen-bond donors (Lipinski definition) is 2. The van der Waals surface area contributed by atoms with Crippen molar-refractivity contribution in [3.8, 4) is 6.01 Å². The minimum absolute atomic E-state index is 0.00953. The van der Waals surface area contributed by atoms with Gasteiger partial charge in [-0.15, -0.1) is 0 Å². The Hall–Kier alpha value is -1.66. The first-order valence-electron chi connectivity index (χ1n) is 12.0. The normalized spacial score (nSPS) is 30.2. The van der Waals surface area contributed by atoms with Crippen LogP contribution in [0.2, 0.25) is 5.15 Å². The summed E-state index contributed by atoms with van der Waals surface area (Å²) in [6.07, 6.45) is 8.87. The van der Waals surface area contributed by atoms with Gasteiger partial charge in [-0.25, -0.2) is 14.1 Å². The van der Waals surface area contributed by atoms with Crippen molar-refractivity contribution >= 4 is 32.7 Å². The van der Waals surface area contributed by atoms with E-state index in [0.717, 1.165) is 58.0 Å². The van der Waals surface area contributed by atoms with E-state index < -0.39 is 21.6 Å². The molecule has 34 heavy (non-hydrogen) atoms. The summed E-state index contributed by atoms with van der Waals surface area (Å²) in [5.41, 5.74) is 0.165. The Balaban J connectivity index is 1.36. The Kier molecular flexibility index (Phi) is 5.49. The second-order valence-electron chi connectivity index (χ2n) is 10.2. The molecule has 2 unspecified atom stereocenters. The van der Waals surface area contributed by atoms with Crippen LogP contribution in [0, 0.1) is 5.82 Å². The first-order valence-corrected chi connectivity index (χ1v) is 13.8. The van der Waals surface area contributed by atoms with Crippen molar-refractivity contribution in [3.63, 3.8) is 0 Å². The number of fused-ring (bicyclic) bond motifs is 2. The lowest BCUT2D eigenvalue weighted by Crippen LogP contribution is -2.47. The molecule has 1 spiro atoms. The molecule has 1 saturated carbocycles. The van der Waals surface area contributed by atoms with Crippen LogP contribution in [0.15, 0.2) is 6.20 Å². The van der Waals surface area contributed by atoms with Crippen molar-refractivity contribution in [3.05, 3.63) is 22.9 Å². The zero-order valence-corrected chi connectivity index (χ0v) is 20.4. The highest BCUT2D eigenvalue weighted by atomic mass is 35.5. The van der Waals surface area contributed by atoms with Gasteiger partial charge in [0, 0.05) is 29.6 Å². The van der Waals surface area contributed by atoms with Gasteiger partial charge in [0.25, 0.3) is 10.2 Å². The third-order valence-electron chi connectivity index (χ3n) is 8.11. The molecule has 6 rings (SSSR count). The summed E-state index contributed by atoms with van der Waals surface area (Å²) in [6, 6.07) is 0.140. The Bertz CT molecular complexity index is 1240. The highest BCUT2D eigenvalue weighted by Crippen LogP contribution is 2.43. The van der Waals surface area contributed by atoms with Crippen LogP contribution in [0.3, 0.4) is 0 Å². The molecule has 4 fully saturated rings. The maximum Gasteiger partial charge on any atom is 0.317 e. The molecule has 0 aromatic carbocycles. The Morgan fingerprint density at radius 3 is 2.74 bits per heavy atom. The fourth-order valence-corrected chi connectivity index (χ4v) is 8.02. The SMILES string of the molecule is O=S1(=O)NCC2(CCCC(c3nc(OCC45CCCN4CCC5)nc4c(F)c(Cl)ncc34)C2)N1. The summed E-state index contributed by atoms with van der Waals surface area (Å²) in [5.74, 6) is -0.790. The number of nitrogens with one attached hydrogen (secondary N) is 2. The average molecular weight is 511 g/mol. The van der Waals surface area contributed by atoms with Crippen molar-refractivity contribution in [2.45, 2.75) is 68.4 Å². The van der Waals surface area contributed by atoms with Crippen molar-refractivity contribution in [2.75, 3.05) is 26.2 Å². The van der Waals surface area contributed by atoms with E-state index in [-0.39, 0.29) is 28.1 Å². The van der Waals surface area contributed by atoms with Crippen molar-refractivity contribution in [1.82, 2.24) is 29.3 Å². The minimum Gasteiger partial charge on any atom is -0.461 e. The lowest BCUT2D eigenvalue weighted by atomic mass is 9.74. The predicted molar refractivity (Wildman–Crippen MR) is 125 cm³/mol. The van der Waals surface area contributed by atoms with Crippen LogP contribution in [0.1, 0.15) is 63.0 Å². The van der Waals surface area contributed by atoms with Gasteiger partial charge in [-0.3, -0.25) is 4.90 Å². The molecule has 2 atom stereocenters. The van der Waals surface area contributed by atoms with Gasteiger partial charge in [0.1, 0.15) is 12.1 Å². The molecule has 184 valence electrons. The van der Waals surface area contributed by atoms with Gasteiger partial charge in [0.15, 0.2) is 11.0 Å². The van der Waals surface area contributed by atoms with Gasteiger partial charge < -0.3 is 4.74 Å². The molecule has 0 radical (unpaired) electrons. The van der Waals surface area contributed by atoms with Gasteiger partial charge in [-0.05, 0) is 58.0 Å². The molecule has 12 heteroatoms. The average Bonchev–Trinajstić information content (AvgIpc) is 3.47. The predicted octanol–water partition coefficient (Wildman–Crippen LogP) is 2.66. The van der Waals surface area contributed by atoms with Crippen molar-refractivity contribution in [2.24, 2.45) is 0 Å². The summed E-state index contributed by atoms with van der Waals surface area (Å²) in [7, 11) is -3.50. The molecule has 3 aliphatic heterocycles. The summed E-state index contributed by atoms with van der Waals surface area (Å²) in [5, 5.41) is 0.249. The number of aromatic nitrogens is 3. The molecule has 2 aromatic heterocycles. The Labute approximate surface area is 203 Å². The van der Waals surface area contributed by atoms with Gasteiger partial charge >= 0.3 is 6.01 Å². The van der Waals surface area contributed by atoms with Gasteiger partial charge in [0.05, 0.1) is 11.2 Å². The van der Waals surface area contributed by atoms with Crippen LogP contribution in [0.5, 0.6) is 6.01 Å². The van der Waals surface area contributed by atoms with E-state index in [9.17, 15) is 8.42 Å². The summed E-state index contributed by atoms with van der Waals surface area (Å²) < 4.78 is 50.6. The lowest BCUT2D eigenvalue weighted by molar-refractivity contribution is 0.107. The Morgan fingerprint density at radius 1 is 1.21 bits per heavy atom. The van der Waals surface area contributed by atoms with E-state index >= 15 is 4.39 Å². The van der Waals surface area contributed by atoms with Crippen LogP contribution in [0.25, 0.3) is 10.9 Å². The third-order valence-corrected chi connectivity index (χ3v) is 9.60. The number of pyridine rings is 1. The summed E-state index contributed by atoms with van der Waals surface area (Å²) in [6.45, 7) is 2.96. The highest BCUT2D eigenvalue weighted by molar-refractivity contribution is 7.87. The second-order valence-corrected chi connectivity index (χ2v) is 12.1. The quantitative estimate of drug-likeness (QED) is 0.608. The standard InChI is InChI=1S/C22H28ClFN6O3S/c23-19-16(24)18-15(11-25-19)17(14-4-1-5-21(10-14)12-26-34(31,32)29-21)27-20(28-18)33-13-22-6-2-8-30(22)9-3-7-22/h11,14,26,29H,1-10,12-13H2. The summed E-state index contributed by atoms with van der Waals surface area (Å²) in [4.78, 5) is 15.6. The number of nitrogens with zero attached hydrogens (tertiary/aromatic N) is 4. The molecule has 0 bridgehead atoms. The van der Waals surface area contributed by atoms with Crippen LogP contribution in [0.4, 0.5) is 4.39 Å². The number of halogens is 2. The van der Waals surface area contributed by atoms with E-state index in [0.29, 0.717) is 30.7 Å². The zero-order valence-electron chi connectivity index (χ0n) is 18.8. The fraction of sp³-hybridized carbons (Fsp3) is 0.682. The van der Waals surface area contributed by atoms with E-state index in [1.165, 1.54) is 6.20 Å². The fourth-order valence-electron chi connectivity index (χ4n) is 6.51. The number of hydrogen-bond acceptors (Lipinski definition) is 7. The molecule has 4 aliphatic rings. The van der Waals surface area contributed by atoms with E-state index in [1.807, 2.05) is 0 Å². The van der Waals surface area contributed by atoms with Crippen LogP contribution in [-0.2, 0) is 10.2 Å². The summed E-state index contributed by atoms with van der Waals surface area (Å²) >= 11 is 5.98. The van der Waals surface area contributed by atoms with Gasteiger partial charge in [-0.1, -0.05) is 18.0 Å². The topological polar surface area (TPSA) is 109 Å². The van der Waals surface area contributed by atoms with Crippen LogP contribution < -0.4 is 14.2 Å². The molecule has 2 aromatic rings. The van der Waals surface area contributed by atoms with Crippen LogP contribution in [-0.4, -0.2) is 65.6 Å². The van der Waals surface area contributed by atoms with Crippen molar-refractivity contribution < 1.29 is 17.5 Å². The smallest absolute Gasteiger partial charge is 0.317 e. The third kappa shape index (κ3) is 3.85. The number of ether oxygens (including phenoxy) is 1. The number of rotatable bonds is 4. The van der Waals surface area contributed by atoms with Crippen molar-refractivity contribution in [1.29, 1.82) is 0 Å². The molecular formula is C22H28ClFN6O3S. The molecule has 3 saturated heterocycles. The first kappa shape index (κ1) is 22.8. The Morgan fingerprint density at radius 2 is 2.00 bits per heavy atom. The van der Waals surface area contributed by atoms with E-state index in [1.54, 1.807) is 0 Å². The maximum absolute atomic E-state index is 15.0. The molecule has 1 aliphatic carbocycles. The maximum atomic E-state index is 15.0. The highest BCUT2D eigenvalue weighted by Gasteiger charge is 2.46. The second kappa shape index (κ2) is 8.19. The first-order chi connectivity index (χ1) is 16.3. The monoisotopic (exact) mass is 510 g/mol. The van der Waals surface area contributed by atoms with Gasteiger partial charge in [0.2, 0.25) is 0 Å². The molecule has 2 N–H and O–H groups in total. The zero-order chi connectivity index (χ0) is 23.6. The lowest BCUT2D eigenvalue weighted by Gasteiger charge is -2.36. The molecular weight excluding hydrogens is 483 g/mol. The largest absolute Gasteiger partial charge is 0.461 e. The molecule has 5 heterocycles. The molecule has 0 amide bonds. The van der Waals surface area contributed by atoms with Crippen LogP contribution >= 0.6 is 11.6 Å². The minimum atomic E-state index is -3.50. The molecule has 9 nitrogen and oxygen atoms in total.